The van der Waals surface area contributed by atoms with Gasteiger partial charge in [0.1, 0.15) is 6.61 Å². The number of H-pyrrole nitrogens is 1. The van der Waals surface area contributed by atoms with Gasteiger partial charge in [-0.25, -0.2) is 9.78 Å². The molecule has 2 aromatic rings. The van der Waals surface area contributed by atoms with E-state index >= 15 is 0 Å². The molecule has 1 aromatic carbocycles. The fraction of sp³-hybridized carbons (Fsp3) is 0.308. The van der Waals surface area contributed by atoms with E-state index in [0.29, 0.717) is 16.7 Å². The quantitative estimate of drug-likeness (QED) is 0.836. The van der Waals surface area contributed by atoms with Crippen LogP contribution in [-0.2, 0) is 14.3 Å². The average molecular weight is 262 g/mol. The van der Waals surface area contributed by atoms with Crippen molar-refractivity contribution in [2.24, 2.45) is 0 Å². The lowest BCUT2D eigenvalue weighted by Crippen LogP contribution is -2.19. The number of carbonyl (C=O) groups is 1. The Hall–Kier alpha value is -2.21. The molecule has 19 heavy (non-hydrogen) atoms. The first-order valence-corrected chi connectivity index (χ1v) is 5.79. The molecule has 0 aliphatic rings. The zero-order valence-electron chi connectivity index (χ0n) is 10.7. The molecule has 0 spiro atoms. The van der Waals surface area contributed by atoms with Crippen molar-refractivity contribution in [2.45, 2.75) is 13.0 Å². The van der Waals surface area contributed by atoms with E-state index in [1.54, 1.807) is 31.2 Å². The Morgan fingerprint density at radius 2 is 2.16 bits per heavy atom. The van der Waals surface area contributed by atoms with E-state index in [9.17, 15) is 9.59 Å². The molecular weight excluding hydrogens is 248 g/mol. The molecule has 0 saturated carbocycles. The maximum absolute atomic E-state index is 11.9. The molecule has 0 radical (unpaired) electrons. The number of aromatic nitrogens is 2. The molecule has 0 unspecified atom stereocenters. The Balaban J connectivity index is 2.30. The van der Waals surface area contributed by atoms with Crippen molar-refractivity contribution in [1.82, 2.24) is 9.97 Å². The molecule has 1 atom stereocenters. The van der Waals surface area contributed by atoms with Gasteiger partial charge in [0.2, 0.25) is 0 Å². The van der Waals surface area contributed by atoms with Crippen LogP contribution in [0.4, 0.5) is 0 Å². The Bertz CT molecular complexity index is 650. The van der Waals surface area contributed by atoms with Crippen molar-refractivity contribution in [3.63, 3.8) is 0 Å². The number of fused-ring (bicyclic) bond motifs is 1. The molecule has 1 aromatic heterocycles. The standard InChI is InChI=1S/C13H14N2O4/c1-8(19-11(16)7-18-2)12-14-10-6-4-3-5-9(10)13(17)15-12/h3-6,8H,7H2,1-2H3,(H,14,15,17)/t8-/m1/s1. The van der Waals surface area contributed by atoms with Gasteiger partial charge in [0, 0.05) is 7.11 Å². The molecule has 6 heteroatoms. The maximum atomic E-state index is 11.9. The van der Waals surface area contributed by atoms with Gasteiger partial charge in [-0.2, -0.15) is 0 Å². The summed E-state index contributed by atoms with van der Waals surface area (Å²) in [6.45, 7) is 1.50. The normalized spacial score (nSPS) is 12.3. The van der Waals surface area contributed by atoms with E-state index in [2.05, 4.69) is 14.7 Å². The highest BCUT2D eigenvalue weighted by Gasteiger charge is 2.15. The van der Waals surface area contributed by atoms with Crippen LogP contribution < -0.4 is 5.56 Å². The number of methoxy groups -OCH3 is 1. The van der Waals surface area contributed by atoms with Crippen LogP contribution in [0.15, 0.2) is 29.1 Å². The Morgan fingerprint density at radius 1 is 1.42 bits per heavy atom. The van der Waals surface area contributed by atoms with Gasteiger partial charge < -0.3 is 14.5 Å². The van der Waals surface area contributed by atoms with Crippen molar-refractivity contribution in [3.05, 3.63) is 40.4 Å². The predicted molar refractivity (Wildman–Crippen MR) is 68.7 cm³/mol. The lowest BCUT2D eigenvalue weighted by molar-refractivity contribution is -0.153. The SMILES string of the molecule is COCC(=O)O[C@H](C)c1nc2ccccc2c(=O)[nH]1. The van der Waals surface area contributed by atoms with Gasteiger partial charge in [0.25, 0.3) is 5.56 Å². The van der Waals surface area contributed by atoms with Crippen LogP contribution in [0.25, 0.3) is 10.9 Å². The van der Waals surface area contributed by atoms with Crippen molar-refractivity contribution >= 4 is 16.9 Å². The van der Waals surface area contributed by atoms with Gasteiger partial charge >= 0.3 is 5.97 Å². The van der Waals surface area contributed by atoms with Gasteiger partial charge in [0.05, 0.1) is 10.9 Å². The number of para-hydroxylation sites is 1. The van der Waals surface area contributed by atoms with E-state index in [4.69, 9.17) is 4.74 Å². The van der Waals surface area contributed by atoms with E-state index in [-0.39, 0.29) is 12.2 Å². The molecule has 1 heterocycles. The summed E-state index contributed by atoms with van der Waals surface area (Å²) in [5.74, 6) is -0.195. The summed E-state index contributed by atoms with van der Waals surface area (Å²) in [6, 6.07) is 6.98. The van der Waals surface area contributed by atoms with Crippen LogP contribution in [0.5, 0.6) is 0 Å². The van der Waals surface area contributed by atoms with Crippen LogP contribution >= 0.6 is 0 Å². The number of ether oxygens (including phenoxy) is 2. The van der Waals surface area contributed by atoms with Gasteiger partial charge in [-0.3, -0.25) is 4.79 Å². The summed E-state index contributed by atoms with van der Waals surface area (Å²) < 4.78 is 9.75. The van der Waals surface area contributed by atoms with Gasteiger partial charge in [-0.05, 0) is 19.1 Å². The number of hydrogen-bond acceptors (Lipinski definition) is 5. The summed E-state index contributed by atoms with van der Waals surface area (Å²) in [7, 11) is 1.40. The van der Waals surface area contributed by atoms with Crippen LogP contribution in [-0.4, -0.2) is 29.7 Å². The summed E-state index contributed by atoms with van der Waals surface area (Å²) in [6.07, 6.45) is -0.639. The number of rotatable bonds is 4. The highest BCUT2D eigenvalue weighted by molar-refractivity contribution is 5.77. The largest absolute Gasteiger partial charge is 0.453 e. The first-order valence-electron chi connectivity index (χ1n) is 5.79. The lowest BCUT2D eigenvalue weighted by atomic mass is 10.2. The Morgan fingerprint density at radius 3 is 2.89 bits per heavy atom. The minimum atomic E-state index is -0.639. The third-order valence-corrected chi connectivity index (χ3v) is 2.59. The van der Waals surface area contributed by atoms with E-state index in [1.807, 2.05) is 0 Å². The van der Waals surface area contributed by atoms with Crippen LogP contribution in [0.3, 0.4) is 0 Å². The van der Waals surface area contributed by atoms with Crippen LogP contribution in [0.1, 0.15) is 18.9 Å². The minimum absolute atomic E-state index is 0.137. The monoisotopic (exact) mass is 262 g/mol. The number of nitrogens with one attached hydrogen (secondary N) is 1. The third kappa shape index (κ3) is 2.97. The van der Waals surface area contributed by atoms with Crippen LogP contribution in [0.2, 0.25) is 0 Å². The summed E-state index contributed by atoms with van der Waals surface area (Å²) >= 11 is 0. The molecule has 6 nitrogen and oxygen atoms in total. The van der Waals surface area contributed by atoms with Crippen molar-refractivity contribution < 1.29 is 14.3 Å². The zero-order valence-corrected chi connectivity index (χ0v) is 10.7. The summed E-state index contributed by atoms with van der Waals surface area (Å²) in [5.41, 5.74) is 0.311. The molecule has 0 aliphatic carbocycles. The van der Waals surface area contributed by atoms with E-state index in [1.165, 1.54) is 7.11 Å². The number of nitrogens with zero attached hydrogens (tertiary/aromatic N) is 1. The molecule has 0 amide bonds. The van der Waals surface area contributed by atoms with Gasteiger partial charge in [-0.1, -0.05) is 12.1 Å². The Kier molecular flexibility index (Phi) is 3.91. The molecule has 0 fully saturated rings. The molecule has 0 aliphatic heterocycles. The number of esters is 1. The van der Waals surface area contributed by atoms with E-state index < -0.39 is 12.1 Å². The van der Waals surface area contributed by atoms with Crippen molar-refractivity contribution in [1.29, 1.82) is 0 Å². The highest BCUT2D eigenvalue weighted by atomic mass is 16.6. The summed E-state index contributed by atoms with van der Waals surface area (Å²) in [5, 5.41) is 0.502. The number of carbonyl (C=O) groups excluding carboxylic acids is 1. The highest BCUT2D eigenvalue weighted by Crippen LogP contribution is 2.14. The maximum Gasteiger partial charge on any atom is 0.332 e. The second-order valence-electron chi connectivity index (χ2n) is 4.03. The first kappa shape index (κ1) is 13.2. The van der Waals surface area contributed by atoms with Gasteiger partial charge in [-0.15, -0.1) is 0 Å². The molecule has 0 saturated heterocycles. The molecule has 1 N–H and O–H groups in total. The smallest absolute Gasteiger partial charge is 0.332 e. The Labute approximate surface area is 109 Å². The molecule has 100 valence electrons. The fourth-order valence-electron chi connectivity index (χ4n) is 1.70. The summed E-state index contributed by atoms with van der Waals surface area (Å²) in [4.78, 5) is 30.1. The number of aromatic amines is 1. The third-order valence-electron chi connectivity index (χ3n) is 2.59. The fourth-order valence-corrected chi connectivity index (χ4v) is 1.70. The first-order chi connectivity index (χ1) is 9.11. The second kappa shape index (κ2) is 5.62. The predicted octanol–water partition coefficient (Wildman–Crippen LogP) is 1.17. The van der Waals surface area contributed by atoms with Crippen molar-refractivity contribution in [2.75, 3.05) is 13.7 Å². The van der Waals surface area contributed by atoms with Crippen molar-refractivity contribution in [3.8, 4) is 0 Å². The number of hydrogen-bond donors (Lipinski definition) is 1. The van der Waals surface area contributed by atoms with E-state index in [0.717, 1.165) is 0 Å². The molecule has 2 rings (SSSR count). The minimum Gasteiger partial charge on any atom is -0.453 e. The van der Waals surface area contributed by atoms with Gasteiger partial charge in [0.15, 0.2) is 11.9 Å². The molecular formula is C13H14N2O4. The lowest BCUT2D eigenvalue weighted by Gasteiger charge is -2.12. The zero-order chi connectivity index (χ0) is 13.8. The molecule has 0 bridgehead atoms. The van der Waals surface area contributed by atoms with Crippen LogP contribution in [0, 0.1) is 0 Å². The number of benzene rings is 1. The topological polar surface area (TPSA) is 81.3 Å². The average Bonchev–Trinajstić information content (AvgIpc) is 2.39. The second-order valence-corrected chi connectivity index (χ2v) is 4.03.